The van der Waals surface area contributed by atoms with Crippen molar-refractivity contribution in [2.24, 2.45) is 0 Å². The number of aromatic nitrogens is 1. The van der Waals surface area contributed by atoms with Crippen molar-refractivity contribution in [2.45, 2.75) is 25.8 Å². The zero-order chi connectivity index (χ0) is 17.0. The number of aryl methyl sites for hydroxylation is 1. The number of carbonyl (C=O) groups is 1. The predicted octanol–water partition coefficient (Wildman–Crippen LogP) is 3.75. The van der Waals surface area contributed by atoms with E-state index in [2.05, 4.69) is 16.4 Å². The molecule has 0 spiro atoms. The Balaban J connectivity index is 2.11. The number of thioether (sulfide) groups is 1. The van der Waals surface area contributed by atoms with Crippen LogP contribution in [0.5, 0.6) is 0 Å². The Morgan fingerprint density at radius 1 is 1.30 bits per heavy atom. The molecule has 0 bridgehead atoms. The molecule has 0 saturated heterocycles. The lowest BCUT2D eigenvalue weighted by molar-refractivity contribution is -0.113. The largest absolute Gasteiger partial charge is 0.323 e. The number of benzene rings is 1. The van der Waals surface area contributed by atoms with Gasteiger partial charge in [0.1, 0.15) is 16.9 Å². The number of hydrogen-bond acceptors (Lipinski definition) is 4. The minimum Gasteiger partial charge on any atom is -0.323 e. The Morgan fingerprint density at radius 2 is 2.00 bits per heavy atom. The van der Waals surface area contributed by atoms with Crippen LogP contribution < -0.4 is 5.32 Å². The molecule has 4 nitrogen and oxygen atoms in total. The summed E-state index contributed by atoms with van der Waals surface area (Å²) in [6.07, 6.45) is 0. The summed E-state index contributed by atoms with van der Waals surface area (Å²) in [4.78, 5) is 16.4. The molecule has 0 aliphatic rings. The molecule has 2 aromatic rings. The fraction of sp³-hybridized carbons (Fsp3) is 0.235. The zero-order valence-corrected chi connectivity index (χ0v) is 13.9. The van der Waals surface area contributed by atoms with Crippen molar-refractivity contribution in [3.63, 3.8) is 0 Å². The van der Waals surface area contributed by atoms with E-state index in [1.54, 1.807) is 12.1 Å². The summed E-state index contributed by atoms with van der Waals surface area (Å²) in [5.41, 5.74) is 3.30. The van der Waals surface area contributed by atoms with Crippen LogP contribution in [0.1, 0.15) is 22.4 Å². The van der Waals surface area contributed by atoms with Crippen molar-refractivity contribution < 1.29 is 9.18 Å². The van der Waals surface area contributed by atoms with E-state index in [1.165, 1.54) is 23.9 Å². The highest BCUT2D eigenvalue weighted by Crippen LogP contribution is 2.26. The molecular formula is C17H16FN3OS. The van der Waals surface area contributed by atoms with Gasteiger partial charge in [-0.05, 0) is 44.0 Å². The quantitative estimate of drug-likeness (QED) is 0.868. The second-order valence-corrected chi connectivity index (χ2v) is 6.02. The van der Waals surface area contributed by atoms with Crippen LogP contribution in [0.15, 0.2) is 29.3 Å². The van der Waals surface area contributed by atoms with Gasteiger partial charge in [-0.15, -0.1) is 0 Å². The third-order valence-corrected chi connectivity index (χ3v) is 4.54. The van der Waals surface area contributed by atoms with Crippen molar-refractivity contribution >= 4 is 23.4 Å². The number of pyridine rings is 1. The van der Waals surface area contributed by atoms with E-state index in [9.17, 15) is 14.4 Å². The molecule has 2 rings (SSSR count). The van der Waals surface area contributed by atoms with E-state index < -0.39 is 5.82 Å². The summed E-state index contributed by atoms with van der Waals surface area (Å²) >= 11 is 1.17. The lowest BCUT2D eigenvalue weighted by Crippen LogP contribution is -2.15. The van der Waals surface area contributed by atoms with Gasteiger partial charge in [0.25, 0.3) is 0 Å². The van der Waals surface area contributed by atoms with Crippen molar-refractivity contribution in [1.82, 2.24) is 4.98 Å². The van der Waals surface area contributed by atoms with Crippen molar-refractivity contribution in [3.05, 3.63) is 52.5 Å². The van der Waals surface area contributed by atoms with Gasteiger partial charge in [-0.25, -0.2) is 9.37 Å². The smallest absolute Gasteiger partial charge is 0.234 e. The highest BCUT2D eigenvalue weighted by atomic mass is 32.2. The number of para-hydroxylation sites is 1. The third-order valence-electron chi connectivity index (χ3n) is 3.56. The lowest BCUT2D eigenvalue weighted by atomic mass is 10.1. The molecule has 1 heterocycles. The fourth-order valence-corrected chi connectivity index (χ4v) is 2.91. The number of halogens is 1. The minimum atomic E-state index is -0.483. The molecule has 0 aliphatic heterocycles. The monoisotopic (exact) mass is 329 g/mol. The normalized spacial score (nSPS) is 10.2. The van der Waals surface area contributed by atoms with E-state index in [0.717, 1.165) is 16.8 Å². The van der Waals surface area contributed by atoms with Crippen molar-refractivity contribution in [1.29, 1.82) is 5.26 Å². The van der Waals surface area contributed by atoms with E-state index in [1.807, 2.05) is 20.8 Å². The molecule has 118 valence electrons. The second kappa shape index (κ2) is 7.25. The predicted molar refractivity (Wildman–Crippen MR) is 88.9 cm³/mol. The maximum absolute atomic E-state index is 13.5. The van der Waals surface area contributed by atoms with Crippen LogP contribution in [-0.4, -0.2) is 16.6 Å². The summed E-state index contributed by atoms with van der Waals surface area (Å²) in [5, 5.41) is 12.3. The van der Waals surface area contributed by atoms with Crippen molar-refractivity contribution in [3.8, 4) is 6.07 Å². The van der Waals surface area contributed by atoms with Gasteiger partial charge in [0.2, 0.25) is 5.91 Å². The first kappa shape index (κ1) is 17.0. The van der Waals surface area contributed by atoms with Gasteiger partial charge in [-0.2, -0.15) is 5.26 Å². The molecule has 0 saturated carbocycles. The van der Waals surface area contributed by atoms with E-state index in [4.69, 9.17) is 0 Å². The standard InChI is InChI=1S/C17H16FN3OS/c1-10-11(2)13(8-19)17(20-12(10)3)23-9-16(22)21-15-7-5-4-6-14(15)18/h4-7H,9H2,1-3H3,(H,21,22). The average Bonchev–Trinajstić information content (AvgIpc) is 2.53. The summed E-state index contributed by atoms with van der Waals surface area (Å²) in [5.74, 6) is -0.775. The number of amides is 1. The van der Waals surface area contributed by atoms with Gasteiger partial charge in [0.15, 0.2) is 0 Å². The Kier molecular flexibility index (Phi) is 5.35. The van der Waals surface area contributed by atoms with Crippen LogP contribution in [0, 0.1) is 37.9 Å². The highest BCUT2D eigenvalue weighted by molar-refractivity contribution is 8.00. The highest BCUT2D eigenvalue weighted by Gasteiger charge is 2.14. The summed E-state index contributed by atoms with van der Waals surface area (Å²) in [6.45, 7) is 5.65. The first-order valence-corrected chi connectivity index (χ1v) is 7.97. The molecule has 1 N–H and O–H groups in total. The van der Waals surface area contributed by atoms with Crippen LogP contribution in [0.2, 0.25) is 0 Å². The summed E-state index contributed by atoms with van der Waals surface area (Å²) < 4.78 is 13.5. The number of hydrogen-bond donors (Lipinski definition) is 1. The Morgan fingerprint density at radius 3 is 2.65 bits per heavy atom. The molecule has 0 atom stereocenters. The summed E-state index contributed by atoms with van der Waals surface area (Å²) in [7, 11) is 0. The Labute approximate surface area is 138 Å². The van der Waals surface area contributed by atoms with Crippen LogP contribution in [0.25, 0.3) is 0 Å². The van der Waals surface area contributed by atoms with Gasteiger partial charge in [0.05, 0.1) is 17.0 Å². The van der Waals surface area contributed by atoms with Crippen LogP contribution in [0.4, 0.5) is 10.1 Å². The number of nitriles is 1. The lowest BCUT2D eigenvalue weighted by Gasteiger charge is -2.11. The van der Waals surface area contributed by atoms with Crippen LogP contribution >= 0.6 is 11.8 Å². The number of carbonyl (C=O) groups excluding carboxylic acids is 1. The first-order chi connectivity index (χ1) is 10.9. The van der Waals surface area contributed by atoms with E-state index in [-0.39, 0.29) is 17.3 Å². The molecule has 0 unspecified atom stereocenters. The first-order valence-electron chi connectivity index (χ1n) is 6.99. The molecule has 23 heavy (non-hydrogen) atoms. The molecule has 1 aromatic heterocycles. The van der Waals surface area contributed by atoms with E-state index in [0.29, 0.717) is 10.6 Å². The topological polar surface area (TPSA) is 65.8 Å². The van der Waals surface area contributed by atoms with Gasteiger partial charge in [0, 0.05) is 5.69 Å². The number of nitrogens with one attached hydrogen (secondary N) is 1. The van der Waals surface area contributed by atoms with Gasteiger partial charge in [-0.1, -0.05) is 23.9 Å². The molecule has 1 amide bonds. The SMILES string of the molecule is Cc1nc(SCC(=O)Nc2ccccc2F)c(C#N)c(C)c1C. The van der Waals surface area contributed by atoms with Gasteiger partial charge < -0.3 is 5.32 Å². The number of rotatable bonds is 4. The van der Waals surface area contributed by atoms with Crippen LogP contribution in [0.3, 0.4) is 0 Å². The molecular weight excluding hydrogens is 313 g/mol. The molecule has 1 aromatic carbocycles. The maximum Gasteiger partial charge on any atom is 0.234 e. The fourth-order valence-electron chi connectivity index (χ4n) is 2.03. The zero-order valence-electron chi connectivity index (χ0n) is 13.1. The average molecular weight is 329 g/mol. The molecule has 0 aliphatic carbocycles. The van der Waals surface area contributed by atoms with Gasteiger partial charge >= 0.3 is 0 Å². The molecule has 6 heteroatoms. The van der Waals surface area contributed by atoms with Crippen LogP contribution in [-0.2, 0) is 4.79 Å². The second-order valence-electron chi connectivity index (χ2n) is 5.06. The molecule has 0 radical (unpaired) electrons. The number of anilines is 1. The van der Waals surface area contributed by atoms with Crippen molar-refractivity contribution in [2.75, 3.05) is 11.1 Å². The maximum atomic E-state index is 13.5. The minimum absolute atomic E-state index is 0.0535. The third kappa shape index (κ3) is 3.88. The molecule has 0 fully saturated rings. The van der Waals surface area contributed by atoms with Gasteiger partial charge in [-0.3, -0.25) is 4.79 Å². The Hall–Kier alpha value is -2.39. The summed E-state index contributed by atoms with van der Waals surface area (Å²) in [6, 6.07) is 8.12. The van der Waals surface area contributed by atoms with E-state index >= 15 is 0 Å². The Bertz CT molecular complexity index is 799. The number of nitrogens with zero attached hydrogens (tertiary/aromatic N) is 2.